The predicted octanol–water partition coefficient (Wildman–Crippen LogP) is 2.11. The van der Waals surface area contributed by atoms with Gasteiger partial charge in [-0.25, -0.2) is 4.79 Å². The third-order valence-corrected chi connectivity index (χ3v) is 2.18. The van der Waals surface area contributed by atoms with E-state index in [0.717, 1.165) is 12.0 Å². The van der Waals surface area contributed by atoms with Crippen LogP contribution < -0.4 is 0 Å². The molecule has 0 aliphatic carbocycles. The van der Waals surface area contributed by atoms with Gasteiger partial charge in [0.25, 0.3) is 0 Å². The molecule has 0 aromatic heterocycles. The zero-order valence-corrected chi connectivity index (χ0v) is 8.85. The van der Waals surface area contributed by atoms with E-state index in [0.29, 0.717) is 13.0 Å². The first kappa shape index (κ1) is 11.7. The summed E-state index contributed by atoms with van der Waals surface area (Å²) < 4.78 is 5.13. The molecular weight excluding hydrogens is 192 g/mol. The van der Waals surface area contributed by atoms with Gasteiger partial charge >= 0.3 is 5.97 Å². The lowest BCUT2D eigenvalue weighted by Gasteiger charge is -2.11. The minimum atomic E-state index is -0.882. The lowest BCUT2D eigenvalue weighted by Crippen LogP contribution is -2.24. The molecule has 1 aromatic rings. The van der Waals surface area contributed by atoms with E-state index in [-0.39, 0.29) is 0 Å². The van der Waals surface area contributed by atoms with E-state index in [9.17, 15) is 4.79 Å². The third kappa shape index (κ3) is 4.13. The smallest absolute Gasteiger partial charge is 0.332 e. The quantitative estimate of drug-likeness (QED) is 0.778. The molecule has 1 atom stereocenters. The van der Waals surface area contributed by atoms with Crippen LogP contribution in [-0.4, -0.2) is 23.8 Å². The summed E-state index contributed by atoms with van der Waals surface area (Å²) >= 11 is 0. The number of carboxylic acids is 1. The van der Waals surface area contributed by atoms with Crippen molar-refractivity contribution < 1.29 is 14.6 Å². The van der Waals surface area contributed by atoms with Crippen molar-refractivity contribution in [2.24, 2.45) is 0 Å². The van der Waals surface area contributed by atoms with Gasteiger partial charge in [-0.1, -0.05) is 30.3 Å². The van der Waals surface area contributed by atoms with Crippen LogP contribution in [0.1, 0.15) is 18.9 Å². The number of carbonyl (C=O) groups is 1. The summed E-state index contributed by atoms with van der Waals surface area (Å²) in [4.78, 5) is 10.8. The lowest BCUT2D eigenvalue weighted by atomic mass is 10.1. The van der Waals surface area contributed by atoms with Crippen LogP contribution >= 0.6 is 0 Å². The maximum atomic E-state index is 10.8. The molecule has 0 saturated heterocycles. The minimum Gasteiger partial charge on any atom is -0.479 e. The van der Waals surface area contributed by atoms with Crippen molar-refractivity contribution in [3.8, 4) is 0 Å². The molecule has 0 spiro atoms. The molecule has 15 heavy (non-hydrogen) atoms. The first-order valence-electron chi connectivity index (χ1n) is 5.12. The van der Waals surface area contributed by atoms with Crippen LogP contribution in [0.5, 0.6) is 0 Å². The van der Waals surface area contributed by atoms with E-state index in [1.54, 1.807) is 6.92 Å². The number of ether oxygens (including phenoxy) is 1. The monoisotopic (exact) mass is 208 g/mol. The average Bonchev–Trinajstić information content (AvgIpc) is 2.25. The number of aryl methyl sites for hydroxylation is 1. The largest absolute Gasteiger partial charge is 0.479 e. The molecule has 0 saturated carbocycles. The van der Waals surface area contributed by atoms with E-state index >= 15 is 0 Å². The highest BCUT2D eigenvalue weighted by Crippen LogP contribution is 2.07. The fourth-order valence-corrected chi connectivity index (χ4v) is 1.42. The summed E-state index contributed by atoms with van der Waals surface area (Å²) in [5.41, 5.74) is 1.14. The number of hydrogen-bond acceptors (Lipinski definition) is 2. The normalized spacial score (nSPS) is 12.3. The van der Waals surface area contributed by atoms with E-state index < -0.39 is 12.1 Å². The van der Waals surface area contributed by atoms with Gasteiger partial charge in [0.15, 0.2) is 6.10 Å². The van der Waals surface area contributed by atoms with Crippen molar-refractivity contribution in [3.05, 3.63) is 35.9 Å². The molecule has 0 fully saturated rings. The molecule has 0 radical (unpaired) electrons. The highest BCUT2D eigenvalue weighted by atomic mass is 16.5. The van der Waals surface area contributed by atoms with Crippen LogP contribution in [0.15, 0.2) is 30.3 Å². The van der Waals surface area contributed by atoms with E-state index in [1.165, 1.54) is 0 Å². The Labute approximate surface area is 89.7 Å². The number of hydrogen-bond donors (Lipinski definition) is 1. The Morgan fingerprint density at radius 3 is 2.60 bits per heavy atom. The molecule has 3 nitrogen and oxygen atoms in total. The number of rotatable bonds is 6. The summed E-state index contributed by atoms with van der Waals surface area (Å²) in [6.45, 7) is 2.24. The molecule has 1 N–H and O–H groups in total. The SMILES string of the molecule is CCO[C@H](CCc1ccccc1)C(=O)O. The standard InChI is InChI=1S/C12H16O3/c1-2-15-11(12(13)14)9-8-10-6-4-3-5-7-10/h3-7,11H,2,8-9H2,1H3,(H,13,14)/t11-/m1/s1. The Hall–Kier alpha value is -1.35. The fraction of sp³-hybridized carbons (Fsp3) is 0.417. The van der Waals surface area contributed by atoms with Gasteiger partial charge < -0.3 is 9.84 Å². The van der Waals surface area contributed by atoms with Gasteiger partial charge in [0.2, 0.25) is 0 Å². The Morgan fingerprint density at radius 1 is 1.40 bits per heavy atom. The molecule has 0 bridgehead atoms. The molecule has 0 unspecified atom stereocenters. The van der Waals surface area contributed by atoms with E-state index in [4.69, 9.17) is 9.84 Å². The van der Waals surface area contributed by atoms with Crippen molar-refractivity contribution in [1.82, 2.24) is 0 Å². The zero-order chi connectivity index (χ0) is 11.1. The van der Waals surface area contributed by atoms with Gasteiger partial charge in [0, 0.05) is 6.61 Å². The highest BCUT2D eigenvalue weighted by Gasteiger charge is 2.16. The molecule has 1 rings (SSSR count). The molecule has 0 aliphatic rings. The zero-order valence-electron chi connectivity index (χ0n) is 8.85. The van der Waals surface area contributed by atoms with Crippen LogP contribution in [-0.2, 0) is 16.0 Å². The second-order valence-corrected chi connectivity index (χ2v) is 3.31. The van der Waals surface area contributed by atoms with E-state index in [2.05, 4.69) is 0 Å². The van der Waals surface area contributed by atoms with Crippen molar-refractivity contribution in [3.63, 3.8) is 0 Å². The van der Waals surface area contributed by atoms with Crippen molar-refractivity contribution >= 4 is 5.97 Å². The topological polar surface area (TPSA) is 46.5 Å². The summed E-state index contributed by atoms with van der Waals surface area (Å²) in [7, 11) is 0. The van der Waals surface area contributed by atoms with Gasteiger partial charge in [-0.15, -0.1) is 0 Å². The minimum absolute atomic E-state index is 0.436. The van der Waals surface area contributed by atoms with Gasteiger partial charge in [0.05, 0.1) is 0 Å². The van der Waals surface area contributed by atoms with Crippen LogP contribution in [0, 0.1) is 0 Å². The van der Waals surface area contributed by atoms with E-state index in [1.807, 2.05) is 30.3 Å². The summed E-state index contributed by atoms with van der Waals surface area (Å²) in [5, 5.41) is 8.86. The first-order valence-corrected chi connectivity index (χ1v) is 5.12. The van der Waals surface area contributed by atoms with Crippen LogP contribution in [0.4, 0.5) is 0 Å². The van der Waals surface area contributed by atoms with Gasteiger partial charge in [-0.3, -0.25) is 0 Å². The number of carboxylic acid groups (broad SMARTS) is 1. The molecular formula is C12H16O3. The van der Waals surface area contributed by atoms with Gasteiger partial charge in [-0.2, -0.15) is 0 Å². The number of aliphatic carboxylic acids is 1. The first-order chi connectivity index (χ1) is 7.24. The summed E-state index contributed by atoms with van der Waals surface area (Å²) in [5.74, 6) is -0.882. The second-order valence-electron chi connectivity index (χ2n) is 3.31. The maximum Gasteiger partial charge on any atom is 0.332 e. The van der Waals surface area contributed by atoms with Gasteiger partial charge in [0.1, 0.15) is 0 Å². The van der Waals surface area contributed by atoms with Crippen LogP contribution in [0.3, 0.4) is 0 Å². The molecule has 82 valence electrons. The molecule has 0 heterocycles. The number of benzene rings is 1. The van der Waals surface area contributed by atoms with Gasteiger partial charge in [-0.05, 0) is 25.3 Å². The Kier molecular flexibility index (Phi) is 4.84. The Bertz CT molecular complexity index is 295. The second kappa shape index (κ2) is 6.19. The van der Waals surface area contributed by atoms with Crippen molar-refractivity contribution in [2.45, 2.75) is 25.9 Å². The maximum absolute atomic E-state index is 10.8. The van der Waals surface area contributed by atoms with Crippen LogP contribution in [0.25, 0.3) is 0 Å². The molecule has 0 aliphatic heterocycles. The molecule has 1 aromatic carbocycles. The van der Waals surface area contributed by atoms with Crippen molar-refractivity contribution in [2.75, 3.05) is 6.61 Å². The predicted molar refractivity (Wildman–Crippen MR) is 57.8 cm³/mol. The van der Waals surface area contributed by atoms with Crippen LogP contribution in [0.2, 0.25) is 0 Å². The molecule has 0 amide bonds. The van der Waals surface area contributed by atoms with Crippen molar-refractivity contribution in [1.29, 1.82) is 0 Å². The average molecular weight is 208 g/mol. The molecule has 3 heteroatoms. The third-order valence-electron chi connectivity index (χ3n) is 2.18. The fourth-order valence-electron chi connectivity index (χ4n) is 1.42. The summed E-state index contributed by atoms with van der Waals surface area (Å²) in [6.07, 6.45) is 0.570. The Morgan fingerprint density at radius 2 is 2.07 bits per heavy atom. The highest BCUT2D eigenvalue weighted by molar-refractivity contribution is 5.72. The lowest BCUT2D eigenvalue weighted by molar-refractivity contribution is -0.150. The summed E-state index contributed by atoms with van der Waals surface area (Å²) in [6, 6.07) is 9.83. The Balaban J connectivity index is 2.43.